The Bertz CT molecular complexity index is 723. The first-order valence-corrected chi connectivity index (χ1v) is 9.53. The zero-order valence-electron chi connectivity index (χ0n) is 14.7. The van der Waals surface area contributed by atoms with Crippen LogP contribution < -0.4 is 5.56 Å². The van der Waals surface area contributed by atoms with Crippen LogP contribution in [0.3, 0.4) is 0 Å². The van der Waals surface area contributed by atoms with Crippen molar-refractivity contribution in [2.24, 2.45) is 0 Å². The molecule has 3 aliphatic rings. The van der Waals surface area contributed by atoms with Crippen LogP contribution in [0.2, 0.25) is 0 Å². The van der Waals surface area contributed by atoms with Crippen molar-refractivity contribution in [2.75, 3.05) is 32.7 Å². The van der Waals surface area contributed by atoms with E-state index in [9.17, 15) is 14.7 Å². The van der Waals surface area contributed by atoms with E-state index >= 15 is 0 Å². The molecule has 0 bridgehead atoms. The fourth-order valence-electron chi connectivity index (χ4n) is 4.52. The lowest BCUT2D eigenvalue weighted by Crippen LogP contribution is -2.45. The number of likely N-dealkylation sites (tertiary alicyclic amines) is 2. The van der Waals surface area contributed by atoms with Gasteiger partial charge >= 0.3 is 0 Å². The summed E-state index contributed by atoms with van der Waals surface area (Å²) in [5.41, 5.74) is 1.17. The van der Waals surface area contributed by atoms with Crippen LogP contribution in [0.1, 0.15) is 53.7 Å². The number of nitrogens with one attached hydrogen (secondary N) is 1. The summed E-state index contributed by atoms with van der Waals surface area (Å²) >= 11 is 0. The highest BCUT2D eigenvalue weighted by atomic mass is 16.3. The van der Waals surface area contributed by atoms with E-state index in [0.717, 1.165) is 50.0 Å². The molecule has 136 valence electrons. The molecule has 3 heterocycles. The number of aryl methyl sites for hydroxylation is 2. The molecular weight excluding hydrogens is 318 g/mol. The van der Waals surface area contributed by atoms with Gasteiger partial charge in [0.15, 0.2) is 0 Å². The Morgan fingerprint density at radius 2 is 1.92 bits per heavy atom. The highest BCUT2D eigenvalue weighted by Crippen LogP contribution is 2.26. The lowest BCUT2D eigenvalue weighted by atomic mass is 9.95. The second-order valence-corrected chi connectivity index (χ2v) is 7.91. The largest absolute Gasteiger partial charge is 0.387 e. The molecule has 2 fully saturated rings. The molecular formula is C19H27N3O3. The number of fused-ring (bicyclic) bond motifs is 1. The number of hydrogen-bond donors (Lipinski definition) is 2. The Labute approximate surface area is 147 Å². The molecule has 1 aromatic rings. The number of aromatic nitrogens is 1. The van der Waals surface area contributed by atoms with E-state index in [0.29, 0.717) is 26.1 Å². The Hall–Kier alpha value is -1.66. The fourth-order valence-corrected chi connectivity index (χ4v) is 4.52. The quantitative estimate of drug-likeness (QED) is 0.854. The molecule has 6 nitrogen and oxygen atoms in total. The van der Waals surface area contributed by atoms with Crippen LogP contribution in [-0.4, -0.2) is 64.1 Å². The van der Waals surface area contributed by atoms with Gasteiger partial charge in [0.1, 0.15) is 5.56 Å². The van der Waals surface area contributed by atoms with Gasteiger partial charge in [0.05, 0.1) is 12.1 Å². The van der Waals surface area contributed by atoms with E-state index in [1.54, 1.807) is 11.0 Å². The maximum Gasteiger partial charge on any atom is 0.261 e. The first-order valence-electron chi connectivity index (χ1n) is 9.53. The van der Waals surface area contributed by atoms with Crippen LogP contribution in [0.15, 0.2) is 10.9 Å². The maximum absolute atomic E-state index is 12.9. The number of nitrogens with zero attached hydrogens (tertiary/aromatic N) is 2. The molecule has 0 spiro atoms. The Balaban J connectivity index is 1.49. The van der Waals surface area contributed by atoms with Crippen molar-refractivity contribution in [1.82, 2.24) is 14.8 Å². The topological polar surface area (TPSA) is 76.6 Å². The fraction of sp³-hybridized carbons (Fsp3) is 0.684. The van der Waals surface area contributed by atoms with Gasteiger partial charge in [-0.3, -0.25) is 9.59 Å². The molecule has 0 radical (unpaired) electrons. The van der Waals surface area contributed by atoms with Gasteiger partial charge < -0.3 is 19.9 Å². The van der Waals surface area contributed by atoms with Crippen molar-refractivity contribution in [2.45, 2.75) is 50.5 Å². The number of amides is 1. The summed E-state index contributed by atoms with van der Waals surface area (Å²) in [5.74, 6) is -0.244. The van der Waals surface area contributed by atoms with Crippen LogP contribution in [0.25, 0.3) is 0 Å². The van der Waals surface area contributed by atoms with Gasteiger partial charge in [0, 0.05) is 18.8 Å². The number of hydrogen-bond acceptors (Lipinski definition) is 4. The minimum atomic E-state index is -0.846. The average molecular weight is 345 g/mol. The van der Waals surface area contributed by atoms with Crippen LogP contribution in [0, 0.1) is 0 Å². The van der Waals surface area contributed by atoms with Crippen LogP contribution in [0.5, 0.6) is 0 Å². The van der Waals surface area contributed by atoms with E-state index in [1.807, 2.05) is 0 Å². The molecule has 1 aliphatic carbocycles. The summed E-state index contributed by atoms with van der Waals surface area (Å²) in [6, 6.07) is 1.79. The Kier molecular flexibility index (Phi) is 4.41. The standard InChI is InChI=1S/C19H27N3O3/c23-17-15(11-14-5-1-2-6-16(14)20-17)18(24)22-10-7-19(25,13-22)12-21-8-3-4-9-21/h11,25H,1-10,12-13H2,(H,20,23)/t19-/m0/s1. The lowest BCUT2D eigenvalue weighted by molar-refractivity contribution is 0.0175. The van der Waals surface area contributed by atoms with Gasteiger partial charge in [-0.05, 0) is 69.7 Å². The molecule has 2 saturated heterocycles. The van der Waals surface area contributed by atoms with Crippen LogP contribution >= 0.6 is 0 Å². The van der Waals surface area contributed by atoms with E-state index < -0.39 is 5.60 Å². The third-order valence-electron chi connectivity index (χ3n) is 5.90. The minimum Gasteiger partial charge on any atom is -0.387 e. The van der Waals surface area contributed by atoms with Crippen molar-refractivity contribution >= 4 is 5.91 Å². The van der Waals surface area contributed by atoms with E-state index in [4.69, 9.17) is 0 Å². The van der Waals surface area contributed by atoms with Gasteiger partial charge in [-0.15, -0.1) is 0 Å². The smallest absolute Gasteiger partial charge is 0.261 e. The molecule has 1 aromatic heterocycles. The molecule has 25 heavy (non-hydrogen) atoms. The number of aromatic amines is 1. The van der Waals surface area contributed by atoms with E-state index in [2.05, 4.69) is 9.88 Å². The average Bonchev–Trinajstić information content (AvgIpc) is 3.23. The maximum atomic E-state index is 12.9. The molecule has 0 aromatic carbocycles. The van der Waals surface area contributed by atoms with Crippen molar-refractivity contribution in [3.63, 3.8) is 0 Å². The summed E-state index contributed by atoms with van der Waals surface area (Å²) in [6.07, 6.45) is 6.95. The van der Waals surface area contributed by atoms with Gasteiger partial charge in [-0.2, -0.15) is 0 Å². The number of carbonyl (C=O) groups is 1. The zero-order chi connectivity index (χ0) is 17.4. The Morgan fingerprint density at radius 1 is 1.16 bits per heavy atom. The first kappa shape index (κ1) is 16.8. The van der Waals surface area contributed by atoms with E-state index in [1.165, 1.54) is 12.8 Å². The van der Waals surface area contributed by atoms with Crippen molar-refractivity contribution in [3.8, 4) is 0 Å². The SMILES string of the molecule is O=C(c1cc2c([nH]c1=O)CCCC2)N1CC[C@](O)(CN2CCCC2)C1. The van der Waals surface area contributed by atoms with Gasteiger partial charge in [-0.25, -0.2) is 0 Å². The highest BCUT2D eigenvalue weighted by molar-refractivity contribution is 5.94. The predicted molar refractivity (Wildman–Crippen MR) is 94.8 cm³/mol. The summed E-state index contributed by atoms with van der Waals surface area (Å²) in [7, 11) is 0. The molecule has 2 aliphatic heterocycles. The molecule has 2 N–H and O–H groups in total. The van der Waals surface area contributed by atoms with Crippen LogP contribution in [0.4, 0.5) is 0 Å². The third kappa shape index (κ3) is 3.37. The van der Waals surface area contributed by atoms with E-state index in [-0.39, 0.29) is 17.0 Å². The Morgan fingerprint density at radius 3 is 2.72 bits per heavy atom. The lowest BCUT2D eigenvalue weighted by Gasteiger charge is -2.28. The summed E-state index contributed by atoms with van der Waals surface area (Å²) in [4.78, 5) is 32.0. The second kappa shape index (κ2) is 6.57. The first-order chi connectivity index (χ1) is 12.0. The molecule has 0 saturated carbocycles. The minimum absolute atomic E-state index is 0.228. The number of β-amino-alcohol motifs (C(OH)–C–C–N with tert-alkyl or cyclic N) is 1. The number of rotatable bonds is 3. The summed E-state index contributed by atoms with van der Waals surface area (Å²) < 4.78 is 0. The van der Waals surface area contributed by atoms with Crippen molar-refractivity contribution < 1.29 is 9.90 Å². The normalized spacial score (nSPS) is 26.8. The molecule has 0 unspecified atom stereocenters. The zero-order valence-corrected chi connectivity index (χ0v) is 14.7. The highest BCUT2D eigenvalue weighted by Gasteiger charge is 2.40. The molecule has 4 rings (SSSR count). The number of H-pyrrole nitrogens is 1. The summed E-state index contributed by atoms with van der Waals surface area (Å²) in [6.45, 7) is 3.51. The number of aliphatic hydroxyl groups is 1. The molecule has 6 heteroatoms. The summed E-state index contributed by atoms with van der Waals surface area (Å²) in [5, 5.41) is 10.9. The van der Waals surface area contributed by atoms with Gasteiger partial charge in [-0.1, -0.05) is 0 Å². The van der Waals surface area contributed by atoms with Crippen molar-refractivity contribution in [1.29, 1.82) is 0 Å². The monoisotopic (exact) mass is 345 g/mol. The molecule has 1 amide bonds. The van der Waals surface area contributed by atoms with Gasteiger partial charge in [0.2, 0.25) is 0 Å². The van der Waals surface area contributed by atoms with Gasteiger partial charge in [0.25, 0.3) is 11.5 Å². The number of carbonyl (C=O) groups excluding carboxylic acids is 1. The van der Waals surface area contributed by atoms with Crippen LogP contribution in [-0.2, 0) is 12.8 Å². The predicted octanol–water partition coefficient (Wildman–Crippen LogP) is 0.926. The molecule has 1 atom stereocenters. The van der Waals surface area contributed by atoms with Crippen molar-refractivity contribution in [3.05, 3.63) is 33.2 Å². The number of pyridine rings is 1. The third-order valence-corrected chi connectivity index (χ3v) is 5.90. The second-order valence-electron chi connectivity index (χ2n) is 7.91.